The van der Waals surface area contributed by atoms with E-state index in [1.54, 1.807) is 49.6 Å². The van der Waals surface area contributed by atoms with Crippen LogP contribution in [0.4, 0.5) is 10.5 Å². The molecule has 3 rings (SSSR count). The van der Waals surface area contributed by atoms with Crippen molar-refractivity contribution in [3.8, 4) is 17.2 Å². The SMILES string of the molecule is COc1cc(OC)cc(C(=O)NCC2CN(c3cccc(OC)c3)C(=O)O2)c1. The average Bonchev–Trinajstić information content (AvgIpc) is 3.12. The molecule has 1 aliphatic rings. The third-order valence-electron chi connectivity index (χ3n) is 4.34. The van der Waals surface area contributed by atoms with E-state index in [9.17, 15) is 9.59 Å². The Morgan fingerprint density at radius 3 is 2.39 bits per heavy atom. The number of carbonyl (C=O) groups excluding carboxylic acids is 2. The summed E-state index contributed by atoms with van der Waals surface area (Å²) < 4.78 is 20.9. The Labute approximate surface area is 162 Å². The smallest absolute Gasteiger partial charge is 0.414 e. The van der Waals surface area contributed by atoms with Crippen LogP contribution in [0.5, 0.6) is 17.2 Å². The highest BCUT2D eigenvalue weighted by Crippen LogP contribution is 2.26. The van der Waals surface area contributed by atoms with Crippen molar-refractivity contribution >= 4 is 17.7 Å². The first-order valence-electron chi connectivity index (χ1n) is 8.67. The van der Waals surface area contributed by atoms with E-state index in [-0.39, 0.29) is 12.5 Å². The topological polar surface area (TPSA) is 86.3 Å². The molecule has 0 bridgehead atoms. The maximum Gasteiger partial charge on any atom is 0.414 e. The second kappa shape index (κ2) is 8.51. The van der Waals surface area contributed by atoms with Crippen LogP contribution in [0.15, 0.2) is 42.5 Å². The lowest BCUT2D eigenvalue weighted by molar-refractivity contribution is 0.0915. The molecule has 2 amide bonds. The monoisotopic (exact) mass is 386 g/mol. The van der Waals surface area contributed by atoms with Gasteiger partial charge in [-0.2, -0.15) is 0 Å². The number of nitrogens with zero attached hydrogens (tertiary/aromatic N) is 1. The van der Waals surface area contributed by atoms with E-state index in [0.717, 1.165) is 0 Å². The molecule has 2 aromatic carbocycles. The molecule has 0 radical (unpaired) electrons. The van der Waals surface area contributed by atoms with Gasteiger partial charge in [-0.05, 0) is 24.3 Å². The minimum atomic E-state index is -0.463. The van der Waals surface area contributed by atoms with Crippen LogP contribution in [0.25, 0.3) is 0 Å². The lowest BCUT2D eigenvalue weighted by atomic mass is 10.2. The zero-order valence-electron chi connectivity index (χ0n) is 15.9. The third kappa shape index (κ3) is 4.28. The molecule has 1 aliphatic heterocycles. The van der Waals surface area contributed by atoms with Gasteiger partial charge in [0, 0.05) is 17.7 Å². The van der Waals surface area contributed by atoms with Crippen LogP contribution in [0.2, 0.25) is 0 Å². The summed E-state index contributed by atoms with van der Waals surface area (Å²) in [7, 11) is 4.59. The summed E-state index contributed by atoms with van der Waals surface area (Å²) in [5.74, 6) is 1.36. The van der Waals surface area contributed by atoms with Gasteiger partial charge in [0.2, 0.25) is 0 Å². The predicted molar refractivity (Wildman–Crippen MR) is 102 cm³/mol. The summed E-state index contributed by atoms with van der Waals surface area (Å²) in [5.41, 5.74) is 1.07. The highest BCUT2D eigenvalue weighted by Gasteiger charge is 2.32. The maximum atomic E-state index is 12.5. The van der Waals surface area contributed by atoms with Gasteiger partial charge in [0.15, 0.2) is 0 Å². The molecule has 1 N–H and O–H groups in total. The molecule has 1 unspecified atom stereocenters. The summed E-state index contributed by atoms with van der Waals surface area (Å²) in [4.78, 5) is 26.2. The van der Waals surface area contributed by atoms with Gasteiger partial charge >= 0.3 is 6.09 Å². The molecule has 8 nitrogen and oxygen atoms in total. The van der Waals surface area contributed by atoms with Crippen molar-refractivity contribution in [1.82, 2.24) is 5.32 Å². The van der Waals surface area contributed by atoms with Crippen molar-refractivity contribution in [1.29, 1.82) is 0 Å². The van der Waals surface area contributed by atoms with Crippen molar-refractivity contribution < 1.29 is 28.5 Å². The van der Waals surface area contributed by atoms with Gasteiger partial charge in [0.25, 0.3) is 5.91 Å². The van der Waals surface area contributed by atoms with Crippen molar-refractivity contribution in [3.05, 3.63) is 48.0 Å². The Kier molecular flexibility index (Phi) is 5.88. The van der Waals surface area contributed by atoms with Crippen molar-refractivity contribution in [2.45, 2.75) is 6.10 Å². The normalized spacial score (nSPS) is 15.8. The highest BCUT2D eigenvalue weighted by molar-refractivity contribution is 5.95. The van der Waals surface area contributed by atoms with E-state index in [2.05, 4.69) is 5.32 Å². The van der Waals surface area contributed by atoms with Gasteiger partial charge in [-0.1, -0.05) is 6.07 Å². The molecule has 2 aromatic rings. The molecule has 1 atom stereocenters. The van der Waals surface area contributed by atoms with E-state index >= 15 is 0 Å². The number of benzene rings is 2. The van der Waals surface area contributed by atoms with Gasteiger partial charge in [-0.25, -0.2) is 4.79 Å². The number of amides is 2. The highest BCUT2D eigenvalue weighted by atomic mass is 16.6. The molecule has 148 valence electrons. The summed E-state index contributed by atoms with van der Waals surface area (Å²) >= 11 is 0. The zero-order chi connectivity index (χ0) is 20.1. The molecule has 1 heterocycles. The first-order valence-corrected chi connectivity index (χ1v) is 8.67. The van der Waals surface area contributed by atoms with Gasteiger partial charge in [0.05, 0.1) is 40.1 Å². The van der Waals surface area contributed by atoms with Crippen molar-refractivity contribution in [2.75, 3.05) is 39.3 Å². The van der Waals surface area contributed by atoms with Crippen LogP contribution >= 0.6 is 0 Å². The Balaban J connectivity index is 1.62. The van der Waals surface area contributed by atoms with Gasteiger partial charge in [-0.3, -0.25) is 9.69 Å². The number of nitrogens with one attached hydrogen (secondary N) is 1. The number of hydrogen-bond donors (Lipinski definition) is 1. The van der Waals surface area contributed by atoms with Gasteiger partial charge in [-0.15, -0.1) is 0 Å². The maximum absolute atomic E-state index is 12.5. The fraction of sp³-hybridized carbons (Fsp3) is 0.300. The standard InChI is InChI=1S/C20H22N2O6/c1-25-15-6-4-5-14(9-15)22-12-18(28-20(22)24)11-21-19(23)13-7-16(26-2)10-17(8-13)27-3/h4-10,18H,11-12H2,1-3H3,(H,21,23). The van der Waals surface area contributed by atoms with Gasteiger partial charge in [0.1, 0.15) is 23.4 Å². The number of methoxy groups -OCH3 is 3. The lowest BCUT2D eigenvalue weighted by Gasteiger charge is -2.14. The quantitative estimate of drug-likeness (QED) is 0.787. The van der Waals surface area contributed by atoms with E-state index in [4.69, 9.17) is 18.9 Å². The Bertz CT molecular complexity index is 847. The second-order valence-electron chi connectivity index (χ2n) is 6.13. The summed E-state index contributed by atoms with van der Waals surface area (Å²) in [6.45, 7) is 0.512. The van der Waals surface area contributed by atoms with Crippen molar-refractivity contribution in [3.63, 3.8) is 0 Å². The zero-order valence-corrected chi connectivity index (χ0v) is 15.9. The van der Waals surface area contributed by atoms with Crippen LogP contribution < -0.4 is 24.4 Å². The van der Waals surface area contributed by atoms with E-state index in [1.165, 1.54) is 19.1 Å². The number of rotatable bonds is 7. The number of ether oxygens (including phenoxy) is 4. The molecule has 0 saturated carbocycles. The summed E-state index contributed by atoms with van der Waals surface area (Å²) in [6.07, 6.45) is -0.925. The molecule has 28 heavy (non-hydrogen) atoms. The minimum absolute atomic E-state index is 0.185. The fourth-order valence-corrected chi connectivity index (χ4v) is 2.86. The van der Waals surface area contributed by atoms with Crippen molar-refractivity contribution in [2.24, 2.45) is 0 Å². The van der Waals surface area contributed by atoms with Gasteiger partial charge < -0.3 is 24.3 Å². The van der Waals surface area contributed by atoms with E-state index < -0.39 is 12.2 Å². The van der Waals surface area contributed by atoms with E-state index in [0.29, 0.717) is 35.0 Å². The molecular weight excluding hydrogens is 364 g/mol. The Morgan fingerprint density at radius 1 is 1.07 bits per heavy atom. The Morgan fingerprint density at radius 2 is 1.75 bits per heavy atom. The number of cyclic esters (lactones) is 1. The second-order valence-corrected chi connectivity index (χ2v) is 6.13. The average molecular weight is 386 g/mol. The number of anilines is 1. The molecular formula is C20H22N2O6. The van der Waals surface area contributed by atoms with Crippen LogP contribution in [-0.2, 0) is 4.74 Å². The summed E-state index contributed by atoms with van der Waals surface area (Å²) in [5, 5.41) is 2.78. The minimum Gasteiger partial charge on any atom is -0.497 e. The largest absolute Gasteiger partial charge is 0.497 e. The van der Waals surface area contributed by atoms with Crippen LogP contribution in [0.1, 0.15) is 10.4 Å². The Hall–Kier alpha value is -3.42. The fourth-order valence-electron chi connectivity index (χ4n) is 2.86. The first kappa shape index (κ1) is 19.3. The van der Waals surface area contributed by atoms with E-state index in [1.807, 2.05) is 0 Å². The first-order chi connectivity index (χ1) is 13.5. The molecule has 0 spiro atoms. The molecule has 1 fully saturated rings. The third-order valence-corrected chi connectivity index (χ3v) is 4.34. The number of hydrogen-bond acceptors (Lipinski definition) is 6. The molecule has 0 aliphatic carbocycles. The van der Waals surface area contributed by atoms with Crippen LogP contribution in [-0.4, -0.2) is 52.5 Å². The van der Waals surface area contributed by atoms with Crippen LogP contribution in [0.3, 0.4) is 0 Å². The molecule has 1 saturated heterocycles. The number of carbonyl (C=O) groups is 2. The van der Waals surface area contributed by atoms with Crippen LogP contribution in [0, 0.1) is 0 Å². The predicted octanol–water partition coefficient (Wildman–Crippen LogP) is 2.47. The molecule has 0 aromatic heterocycles. The summed E-state index contributed by atoms with van der Waals surface area (Å²) in [6, 6.07) is 12.1. The lowest BCUT2D eigenvalue weighted by Crippen LogP contribution is -2.34. The molecule has 8 heteroatoms.